The second-order valence-corrected chi connectivity index (χ2v) is 6.15. The first-order chi connectivity index (χ1) is 9.40. The van der Waals surface area contributed by atoms with Crippen LogP contribution in [0.2, 0.25) is 10.0 Å². The molecule has 0 spiro atoms. The summed E-state index contributed by atoms with van der Waals surface area (Å²) in [7, 11) is 0. The van der Waals surface area contributed by atoms with Gasteiger partial charge in [-0.15, -0.1) is 0 Å². The molecule has 1 unspecified atom stereocenters. The summed E-state index contributed by atoms with van der Waals surface area (Å²) in [5.74, 6) is 1.07. The van der Waals surface area contributed by atoms with Crippen molar-refractivity contribution in [3.63, 3.8) is 0 Å². The van der Waals surface area contributed by atoms with Crippen molar-refractivity contribution in [2.24, 2.45) is 5.92 Å². The highest BCUT2D eigenvalue weighted by atomic mass is 35.5. The zero-order chi connectivity index (χ0) is 15.1. The third-order valence-electron chi connectivity index (χ3n) is 3.05. The van der Waals surface area contributed by atoms with Gasteiger partial charge in [-0.2, -0.15) is 0 Å². The Kier molecular flexibility index (Phi) is 7.25. The molecule has 0 aliphatic heterocycles. The van der Waals surface area contributed by atoms with Gasteiger partial charge in [-0.05, 0) is 39.0 Å². The van der Waals surface area contributed by atoms with E-state index in [9.17, 15) is 5.11 Å². The lowest BCUT2D eigenvalue weighted by molar-refractivity contribution is 0.279. The van der Waals surface area contributed by atoms with Crippen LogP contribution in [0.3, 0.4) is 0 Å². The molecule has 1 atom stereocenters. The number of aromatic hydroxyl groups is 1. The molecule has 0 radical (unpaired) electrons. The van der Waals surface area contributed by atoms with Gasteiger partial charge in [0.15, 0.2) is 5.75 Å². The Hall–Kier alpha value is -0.860. The number of phenols is 1. The van der Waals surface area contributed by atoms with Crippen molar-refractivity contribution in [2.75, 3.05) is 6.61 Å². The normalized spacial score (nSPS) is 12.1. The molecule has 2 nitrogen and oxygen atoms in total. The van der Waals surface area contributed by atoms with Gasteiger partial charge < -0.3 is 9.84 Å². The van der Waals surface area contributed by atoms with Crippen LogP contribution >= 0.6 is 23.2 Å². The summed E-state index contributed by atoms with van der Waals surface area (Å²) >= 11 is 12.0. The summed E-state index contributed by atoms with van der Waals surface area (Å²) in [5.41, 5.74) is 1.36. The minimum Gasteiger partial charge on any atom is -0.508 e. The first kappa shape index (κ1) is 17.2. The van der Waals surface area contributed by atoms with E-state index >= 15 is 0 Å². The van der Waals surface area contributed by atoms with Crippen LogP contribution in [-0.4, -0.2) is 11.7 Å². The van der Waals surface area contributed by atoms with Crippen LogP contribution in [0.4, 0.5) is 0 Å². The number of allylic oxidation sites excluding steroid dienone is 2. The average Bonchev–Trinajstić information content (AvgIpc) is 2.32. The van der Waals surface area contributed by atoms with Crippen molar-refractivity contribution in [1.29, 1.82) is 0 Å². The average molecular weight is 317 g/mol. The molecule has 0 saturated carbocycles. The first-order valence-corrected chi connectivity index (χ1v) is 7.60. The van der Waals surface area contributed by atoms with Crippen LogP contribution in [0.15, 0.2) is 23.8 Å². The Morgan fingerprint density at radius 3 is 2.40 bits per heavy atom. The Labute approximate surface area is 131 Å². The largest absolute Gasteiger partial charge is 0.508 e. The van der Waals surface area contributed by atoms with E-state index in [1.165, 1.54) is 17.7 Å². The first-order valence-electron chi connectivity index (χ1n) is 6.84. The molecule has 1 N–H and O–H groups in total. The van der Waals surface area contributed by atoms with Crippen molar-refractivity contribution in [2.45, 2.75) is 40.0 Å². The smallest absolute Gasteiger partial charge is 0.156 e. The molecule has 0 saturated heterocycles. The van der Waals surface area contributed by atoms with Gasteiger partial charge in [0.25, 0.3) is 0 Å². The van der Waals surface area contributed by atoms with E-state index < -0.39 is 0 Å². The van der Waals surface area contributed by atoms with E-state index in [0.717, 1.165) is 19.3 Å². The fourth-order valence-electron chi connectivity index (χ4n) is 1.85. The summed E-state index contributed by atoms with van der Waals surface area (Å²) in [5, 5.41) is 10.0. The van der Waals surface area contributed by atoms with Gasteiger partial charge in [-0.25, -0.2) is 0 Å². The molecule has 1 rings (SSSR count). The molecule has 0 amide bonds. The summed E-state index contributed by atoms with van der Waals surface area (Å²) in [6.07, 6.45) is 5.45. The minimum atomic E-state index is 0.0439. The lowest BCUT2D eigenvalue weighted by atomic mass is 10.0. The molecule has 0 aliphatic carbocycles. The lowest BCUT2D eigenvalue weighted by Gasteiger charge is -2.13. The van der Waals surface area contributed by atoms with E-state index in [1.807, 2.05) is 0 Å². The maximum Gasteiger partial charge on any atom is 0.156 e. The van der Waals surface area contributed by atoms with E-state index in [4.69, 9.17) is 27.9 Å². The molecule has 112 valence electrons. The third-order valence-corrected chi connectivity index (χ3v) is 3.61. The summed E-state index contributed by atoms with van der Waals surface area (Å²) < 4.78 is 5.63. The van der Waals surface area contributed by atoms with Gasteiger partial charge >= 0.3 is 0 Å². The van der Waals surface area contributed by atoms with Gasteiger partial charge in [0, 0.05) is 12.1 Å². The Morgan fingerprint density at radius 1 is 1.25 bits per heavy atom. The third kappa shape index (κ3) is 6.06. The molecular formula is C16H22Cl2O2. The molecule has 0 aromatic heterocycles. The highest BCUT2D eigenvalue weighted by Crippen LogP contribution is 2.36. The van der Waals surface area contributed by atoms with Crippen LogP contribution in [0.1, 0.15) is 40.0 Å². The molecule has 0 heterocycles. The number of benzene rings is 1. The van der Waals surface area contributed by atoms with Gasteiger partial charge in [-0.1, -0.05) is 41.8 Å². The van der Waals surface area contributed by atoms with Crippen LogP contribution in [0, 0.1) is 5.92 Å². The monoisotopic (exact) mass is 316 g/mol. The Bertz CT molecular complexity index is 443. The molecule has 1 aromatic carbocycles. The van der Waals surface area contributed by atoms with E-state index in [-0.39, 0.29) is 5.75 Å². The number of hydrogen-bond donors (Lipinski definition) is 1. The second-order valence-electron chi connectivity index (χ2n) is 5.34. The van der Waals surface area contributed by atoms with Crippen molar-refractivity contribution in [1.82, 2.24) is 0 Å². The zero-order valence-electron chi connectivity index (χ0n) is 12.2. The maximum atomic E-state index is 9.34. The molecule has 1 aromatic rings. The quantitative estimate of drug-likeness (QED) is 0.639. The SMILES string of the molecule is CC(C)=CCCC(C)CCOc1c(Cl)cc(O)cc1Cl. The fourth-order valence-corrected chi connectivity index (χ4v) is 2.43. The van der Waals surface area contributed by atoms with E-state index in [2.05, 4.69) is 26.8 Å². The van der Waals surface area contributed by atoms with Crippen LogP contribution < -0.4 is 4.74 Å². The van der Waals surface area contributed by atoms with Gasteiger partial charge in [0.05, 0.1) is 16.7 Å². The summed E-state index contributed by atoms with van der Waals surface area (Å²) in [4.78, 5) is 0. The summed E-state index contributed by atoms with van der Waals surface area (Å²) in [6.45, 7) is 7.01. The molecule has 20 heavy (non-hydrogen) atoms. The topological polar surface area (TPSA) is 29.5 Å². The summed E-state index contributed by atoms with van der Waals surface area (Å²) in [6, 6.07) is 2.86. The standard InChI is InChI=1S/C16H22Cl2O2/c1-11(2)5-4-6-12(3)7-8-20-16-14(17)9-13(19)10-15(16)18/h5,9-10,12,19H,4,6-8H2,1-3H3. The van der Waals surface area contributed by atoms with E-state index in [1.54, 1.807) is 0 Å². The lowest BCUT2D eigenvalue weighted by Crippen LogP contribution is -2.04. The second kappa shape index (κ2) is 8.43. The zero-order valence-corrected chi connectivity index (χ0v) is 13.8. The predicted octanol–water partition coefficient (Wildman–Crippen LogP) is 5.85. The number of ether oxygens (including phenoxy) is 1. The number of rotatable bonds is 7. The highest BCUT2D eigenvalue weighted by Gasteiger charge is 2.10. The highest BCUT2D eigenvalue weighted by molar-refractivity contribution is 6.37. The minimum absolute atomic E-state index is 0.0439. The van der Waals surface area contributed by atoms with Crippen LogP contribution in [0.25, 0.3) is 0 Å². The molecule has 4 heteroatoms. The van der Waals surface area contributed by atoms with Crippen molar-refractivity contribution in [3.05, 3.63) is 33.8 Å². The number of phenolic OH excluding ortho intramolecular Hbond substituents is 1. The Balaban J connectivity index is 2.39. The van der Waals surface area contributed by atoms with Crippen molar-refractivity contribution < 1.29 is 9.84 Å². The van der Waals surface area contributed by atoms with Crippen LogP contribution in [-0.2, 0) is 0 Å². The van der Waals surface area contributed by atoms with Gasteiger partial charge in [0.2, 0.25) is 0 Å². The van der Waals surface area contributed by atoms with Crippen LogP contribution in [0.5, 0.6) is 11.5 Å². The van der Waals surface area contributed by atoms with Crippen molar-refractivity contribution >= 4 is 23.2 Å². The molecular weight excluding hydrogens is 295 g/mol. The van der Waals surface area contributed by atoms with Gasteiger partial charge in [0.1, 0.15) is 5.75 Å². The Morgan fingerprint density at radius 2 is 1.85 bits per heavy atom. The molecule has 0 fully saturated rings. The molecule has 0 aliphatic rings. The number of hydrogen-bond acceptors (Lipinski definition) is 2. The van der Waals surface area contributed by atoms with E-state index in [0.29, 0.717) is 28.3 Å². The predicted molar refractivity (Wildman–Crippen MR) is 86.1 cm³/mol. The van der Waals surface area contributed by atoms with Crippen molar-refractivity contribution in [3.8, 4) is 11.5 Å². The number of halogens is 2. The fraction of sp³-hybridized carbons (Fsp3) is 0.500. The van der Waals surface area contributed by atoms with Gasteiger partial charge in [-0.3, -0.25) is 0 Å². The maximum absolute atomic E-state index is 9.34. The molecule has 0 bridgehead atoms.